The van der Waals surface area contributed by atoms with E-state index < -0.39 is 0 Å². The van der Waals surface area contributed by atoms with Crippen LogP contribution in [0.3, 0.4) is 0 Å². The van der Waals surface area contributed by atoms with Crippen LogP contribution in [0, 0.1) is 0 Å². The molecule has 0 saturated heterocycles. The zero-order valence-electron chi connectivity index (χ0n) is 7.96. The average molecular weight is 164 g/mol. The summed E-state index contributed by atoms with van der Waals surface area (Å²) in [5.74, 6) is 0. The lowest BCUT2D eigenvalue weighted by molar-refractivity contribution is 1.46. The van der Waals surface area contributed by atoms with E-state index in [0.29, 0.717) is 0 Å². The number of aliphatic imine (C=N–C) groups is 1. The van der Waals surface area contributed by atoms with Gasteiger partial charge in [-0.2, -0.15) is 0 Å². The summed E-state index contributed by atoms with van der Waals surface area (Å²) in [6, 6.07) is 7.77. The van der Waals surface area contributed by atoms with Crippen LogP contribution in [0.5, 0.6) is 0 Å². The normalized spacial score (nSPS) is 7.92. The fourth-order valence-corrected chi connectivity index (χ4v) is 0.823. The zero-order chi connectivity index (χ0) is 9.40. The van der Waals surface area contributed by atoms with Crippen LogP contribution >= 0.6 is 0 Å². The van der Waals surface area contributed by atoms with Crippen LogP contribution < -0.4 is 5.32 Å². The summed E-state index contributed by atoms with van der Waals surface area (Å²) in [4.78, 5) is 3.83. The quantitative estimate of drug-likeness (QED) is 0.667. The van der Waals surface area contributed by atoms with Crippen molar-refractivity contribution in [1.82, 2.24) is 0 Å². The molecule has 0 amide bonds. The largest absolute Gasteiger partial charge is 0.386 e. The molecule has 0 heterocycles. The molecule has 0 unspecified atom stereocenters. The summed E-state index contributed by atoms with van der Waals surface area (Å²) in [6.07, 6.45) is 0. The minimum Gasteiger partial charge on any atom is -0.386 e. The van der Waals surface area contributed by atoms with E-state index in [1.807, 2.05) is 45.2 Å². The Morgan fingerprint density at radius 1 is 1.25 bits per heavy atom. The molecule has 0 bridgehead atoms. The Balaban J connectivity index is 0.000000561. The molecule has 66 valence electrons. The number of nitrogens with zero attached hydrogens (tertiary/aromatic N) is 1. The molecule has 0 aliphatic carbocycles. The number of hydrogen-bond acceptors (Lipinski definition) is 2. The van der Waals surface area contributed by atoms with Gasteiger partial charge in [-0.05, 0) is 18.9 Å². The van der Waals surface area contributed by atoms with E-state index in [1.165, 1.54) is 0 Å². The predicted octanol–water partition coefficient (Wildman–Crippen LogP) is 3.09. The van der Waals surface area contributed by atoms with Crippen molar-refractivity contribution < 1.29 is 0 Å². The molecule has 0 radical (unpaired) electrons. The van der Waals surface area contributed by atoms with Crippen LogP contribution in [0.4, 0.5) is 11.4 Å². The SMILES string of the molecule is C=Nc1ccccc1NC.CC. The van der Waals surface area contributed by atoms with E-state index in [9.17, 15) is 0 Å². The minimum atomic E-state index is 0.894. The minimum absolute atomic E-state index is 0.894. The molecule has 0 aromatic heterocycles. The molecule has 2 nitrogen and oxygen atoms in total. The Bertz CT molecular complexity index is 231. The van der Waals surface area contributed by atoms with E-state index in [4.69, 9.17) is 0 Å². The molecule has 1 N–H and O–H groups in total. The Labute approximate surface area is 74.3 Å². The van der Waals surface area contributed by atoms with Crippen molar-refractivity contribution in [1.29, 1.82) is 0 Å². The molecule has 0 fully saturated rings. The van der Waals surface area contributed by atoms with E-state index in [2.05, 4.69) is 17.0 Å². The average Bonchev–Trinajstić information content (AvgIpc) is 2.20. The lowest BCUT2D eigenvalue weighted by Crippen LogP contribution is -1.86. The third kappa shape index (κ3) is 2.74. The molecule has 12 heavy (non-hydrogen) atoms. The highest BCUT2D eigenvalue weighted by molar-refractivity contribution is 5.66. The third-order valence-corrected chi connectivity index (χ3v) is 1.34. The van der Waals surface area contributed by atoms with Crippen LogP contribution in [0.15, 0.2) is 29.3 Å². The number of nitrogens with one attached hydrogen (secondary N) is 1. The molecule has 0 aliphatic rings. The maximum Gasteiger partial charge on any atom is 0.0853 e. The van der Waals surface area contributed by atoms with Crippen molar-refractivity contribution in [2.24, 2.45) is 4.99 Å². The predicted molar refractivity (Wildman–Crippen MR) is 56.5 cm³/mol. The molecule has 1 aromatic rings. The summed E-state index contributed by atoms with van der Waals surface area (Å²) < 4.78 is 0. The standard InChI is InChI=1S/C8H10N2.C2H6/c1-9-7-5-3-4-6-8(7)10-2;1-2/h3-6,10H,1H2,2H3;1-2H3. The molecule has 0 aliphatic heterocycles. The highest BCUT2D eigenvalue weighted by atomic mass is 14.9. The van der Waals surface area contributed by atoms with Gasteiger partial charge in [0.25, 0.3) is 0 Å². The second-order valence-corrected chi connectivity index (χ2v) is 1.93. The summed E-state index contributed by atoms with van der Waals surface area (Å²) in [6.45, 7) is 7.45. The molecule has 1 aromatic carbocycles. The van der Waals surface area contributed by atoms with Gasteiger partial charge in [-0.3, -0.25) is 4.99 Å². The van der Waals surface area contributed by atoms with Gasteiger partial charge in [0.05, 0.1) is 11.4 Å². The first-order chi connectivity index (χ1) is 5.88. The van der Waals surface area contributed by atoms with Crippen LogP contribution in [0.1, 0.15) is 13.8 Å². The van der Waals surface area contributed by atoms with Gasteiger partial charge in [0.2, 0.25) is 0 Å². The smallest absolute Gasteiger partial charge is 0.0853 e. The van der Waals surface area contributed by atoms with Gasteiger partial charge >= 0.3 is 0 Å². The first-order valence-corrected chi connectivity index (χ1v) is 4.12. The summed E-state index contributed by atoms with van der Waals surface area (Å²) in [5.41, 5.74) is 1.91. The van der Waals surface area contributed by atoms with Gasteiger partial charge < -0.3 is 5.32 Å². The highest BCUT2D eigenvalue weighted by Gasteiger charge is 1.92. The molecule has 0 atom stereocenters. The fourth-order valence-electron chi connectivity index (χ4n) is 0.823. The molecule has 0 spiro atoms. The van der Waals surface area contributed by atoms with Crippen LogP contribution in [-0.4, -0.2) is 13.8 Å². The third-order valence-electron chi connectivity index (χ3n) is 1.34. The van der Waals surface area contributed by atoms with E-state index >= 15 is 0 Å². The van der Waals surface area contributed by atoms with Gasteiger partial charge in [-0.25, -0.2) is 0 Å². The van der Waals surface area contributed by atoms with Crippen molar-refractivity contribution in [3.8, 4) is 0 Å². The maximum absolute atomic E-state index is 3.83. The Hall–Kier alpha value is -1.31. The summed E-state index contributed by atoms with van der Waals surface area (Å²) in [7, 11) is 1.87. The van der Waals surface area contributed by atoms with Gasteiger partial charge in [0.1, 0.15) is 0 Å². The van der Waals surface area contributed by atoms with Crippen molar-refractivity contribution in [2.45, 2.75) is 13.8 Å². The van der Waals surface area contributed by atoms with Crippen molar-refractivity contribution in [3.63, 3.8) is 0 Å². The van der Waals surface area contributed by atoms with Gasteiger partial charge in [-0.1, -0.05) is 26.0 Å². The maximum atomic E-state index is 3.83. The molecular weight excluding hydrogens is 148 g/mol. The van der Waals surface area contributed by atoms with Crippen molar-refractivity contribution >= 4 is 18.1 Å². The second kappa shape index (κ2) is 6.40. The molecular formula is C10H16N2. The second-order valence-electron chi connectivity index (χ2n) is 1.93. The Morgan fingerprint density at radius 3 is 2.25 bits per heavy atom. The van der Waals surface area contributed by atoms with Crippen LogP contribution in [-0.2, 0) is 0 Å². The van der Waals surface area contributed by atoms with Gasteiger partial charge in [0.15, 0.2) is 0 Å². The van der Waals surface area contributed by atoms with E-state index in [1.54, 1.807) is 0 Å². The van der Waals surface area contributed by atoms with Crippen LogP contribution in [0.25, 0.3) is 0 Å². The number of para-hydroxylation sites is 2. The van der Waals surface area contributed by atoms with Crippen molar-refractivity contribution in [3.05, 3.63) is 24.3 Å². The van der Waals surface area contributed by atoms with Gasteiger partial charge in [-0.15, -0.1) is 0 Å². The Morgan fingerprint density at radius 2 is 1.83 bits per heavy atom. The molecule has 2 heteroatoms. The van der Waals surface area contributed by atoms with Crippen molar-refractivity contribution in [2.75, 3.05) is 12.4 Å². The highest BCUT2D eigenvalue weighted by Crippen LogP contribution is 2.22. The number of hydrogen-bond donors (Lipinski definition) is 1. The lowest BCUT2D eigenvalue weighted by atomic mass is 10.3. The molecule has 0 saturated carbocycles. The fraction of sp³-hybridized carbons (Fsp3) is 0.300. The first-order valence-electron chi connectivity index (χ1n) is 4.12. The number of anilines is 1. The lowest BCUT2D eigenvalue weighted by Gasteiger charge is -2.01. The number of rotatable bonds is 2. The summed E-state index contributed by atoms with van der Waals surface area (Å²) in [5, 5.41) is 3.01. The first kappa shape index (κ1) is 10.7. The van der Waals surface area contributed by atoms with Crippen LogP contribution in [0.2, 0.25) is 0 Å². The molecule has 1 rings (SSSR count). The van der Waals surface area contributed by atoms with E-state index in [0.717, 1.165) is 11.4 Å². The summed E-state index contributed by atoms with van der Waals surface area (Å²) >= 11 is 0. The number of benzene rings is 1. The topological polar surface area (TPSA) is 24.4 Å². The van der Waals surface area contributed by atoms with Gasteiger partial charge in [0, 0.05) is 7.05 Å². The zero-order valence-corrected chi connectivity index (χ0v) is 7.96. The Kier molecular flexibility index (Phi) is 5.70. The van der Waals surface area contributed by atoms with E-state index in [-0.39, 0.29) is 0 Å². The monoisotopic (exact) mass is 164 g/mol.